The first-order chi connectivity index (χ1) is 13.9. The quantitative estimate of drug-likeness (QED) is 0.384. The number of carbonyl (C=O) groups excluding carboxylic acids is 2. The van der Waals surface area contributed by atoms with Crippen molar-refractivity contribution in [3.63, 3.8) is 0 Å². The Labute approximate surface area is 177 Å². The lowest BCUT2D eigenvalue weighted by Crippen LogP contribution is -2.22. The van der Waals surface area contributed by atoms with Crippen LogP contribution in [0.4, 0.5) is 0 Å². The summed E-state index contributed by atoms with van der Waals surface area (Å²) in [5.74, 6) is 5.84. The van der Waals surface area contributed by atoms with Crippen LogP contribution in [0.15, 0.2) is 48.5 Å². The van der Waals surface area contributed by atoms with Crippen molar-refractivity contribution >= 4 is 34.8 Å². The minimum atomic E-state index is -0.373. The summed E-state index contributed by atoms with van der Waals surface area (Å²) in [4.78, 5) is 28.3. The number of nitrogens with zero attached hydrogens (tertiary/aromatic N) is 1. The molecule has 0 aliphatic heterocycles. The second kappa shape index (κ2) is 9.37. The van der Waals surface area contributed by atoms with Crippen LogP contribution in [0.1, 0.15) is 38.4 Å². The predicted octanol–water partition coefficient (Wildman–Crippen LogP) is 4.36. The summed E-state index contributed by atoms with van der Waals surface area (Å²) >= 11 is 7.36. The molecule has 0 radical (unpaired) electrons. The average Bonchev–Trinajstić information content (AvgIpc) is 3.07. The molecule has 3 rings (SSSR count). The van der Waals surface area contributed by atoms with E-state index in [2.05, 4.69) is 22.1 Å². The molecular weight excluding hydrogens is 408 g/mol. The number of halogens is 1. The van der Waals surface area contributed by atoms with E-state index in [1.54, 1.807) is 37.3 Å². The SMILES string of the molecule is CC(=O)Oc1ccc(C#Cc2nc(C)c(C(=O)NCc3ccccc3Cl)s2)cc1. The Morgan fingerprint density at radius 3 is 2.55 bits per heavy atom. The third-order valence-electron chi connectivity index (χ3n) is 3.83. The molecule has 0 saturated carbocycles. The van der Waals surface area contributed by atoms with Gasteiger partial charge in [-0.25, -0.2) is 4.98 Å². The number of thiazole rings is 1. The van der Waals surface area contributed by atoms with Gasteiger partial charge in [0.05, 0.1) is 5.69 Å². The minimum absolute atomic E-state index is 0.210. The molecule has 0 unspecified atom stereocenters. The lowest BCUT2D eigenvalue weighted by molar-refractivity contribution is -0.131. The number of benzene rings is 2. The second-order valence-corrected chi connectivity index (χ2v) is 7.48. The van der Waals surface area contributed by atoms with E-state index in [0.717, 1.165) is 11.1 Å². The van der Waals surface area contributed by atoms with Crippen molar-refractivity contribution in [1.82, 2.24) is 10.3 Å². The van der Waals surface area contributed by atoms with Gasteiger partial charge in [-0.1, -0.05) is 35.7 Å². The number of nitrogens with one attached hydrogen (secondary N) is 1. The molecule has 5 nitrogen and oxygen atoms in total. The van der Waals surface area contributed by atoms with Crippen LogP contribution < -0.4 is 10.1 Å². The fraction of sp³-hybridized carbons (Fsp3) is 0.136. The summed E-state index contributed by atoms with van der Waals surface area (Å²) in [5.41, 5.74) is 2.22. The zero-order valence-electron chi connectivity index (χ0n) is 15.8. The third kappa shape index (κ3) is 5.67. The number of ether oxygens (including phenoxy) is 1. The Kier molecular flexibility index (Phi) is 6.65. The Hall–Kier alpha value is -3.14. The van der Waals surface area contributed by atoms with Gasteiger partial charge in [0.25, 0.3) is 5.91 Å². The van der Waals surface area contributed by atoms with Crippen molar-refractivity contribution in [1.29, 1.82) is 0 Å². The molecule has 0 bridgehead atoms. The number of amides is 1. The first-order valence-electron chi connectivity index (χ1n) is 8.72. The Bertz CT molecular complexity index is 1110. The molecule has 3 aromatic rings. The summed E-state index contributed by atoms with van der Waals surface area (Å²) in [6.45, 7) is 3.46. The molecule has 1 heterocycles. The molecular formula is C22H17ClN2O3S. The van der Waals surface area contributed by atoms with Gasteiger partial charge in [0, 0.05) is 24.1 Å². The number of hydrogen-bond donors (Lipinski definition) is 1. The first kappa shape index (κ1) is 20.6. The smallest absolute Gasteiger partial charge is 0.308 e. The molecule has 29 heavy (non-hydrogen) atoms. The van der Waals surface area contributed by atoms with Gasteiger partial charge >= 0.3 is 5.97 Å². The maximum atomic E-state index is 12.5. The van der Waals surface area contributed by atoms with E-state index in [9.17, 15) is 9.59 Å². The van der Waals surface area contributed by atoms with E-state index in [1.165, 1.54) is 18.3 Å². The van der Waals surface area contributed by atoms with E-state index in [0.29, 0.717) is 32.9 Å². The fourth-order valence-electron chi connectivity index (χ4n) is 2.46. The summed E-state index contributed by atoms with van der Waals surface area (Å²) in [7, 11) is 0. The normalized spacial score (nSPS) is 10.0. The number of rotatable bonds is 4. The molecule has 146 valence electrons. The van der Waals surface area contributed by atoms with Crippen molar-refractivity contribution in [3.8, 4) is 17.6 Å². The minimum Gasteiger partial charge on any atom is -0.427 e. The van der Waals surface area contributed by atoms with Crippen LogP contribution in [0.25, 0.3) is 0 Å². The van der Waals surface area contributed by atoms with Gasteiger partial charge in [-0.05, 0) is 48.7 Å². The number of esters is 1. The van der Waals surface area contributed by atoms with Gasteiger partial charge in [-0.3, -0.25) is 9.59 Å². The molecule has 2 aromatic carbocycles. The van der Waals surface area contributed by atoms with E-state index in [-0.39, 0.29) is 11.9 Å². The van der Waals surface area contributed by atoms with Crippen LogP contribution in [-0.2, 0) is 11.3 Å². The molecule has 0 spiro atoms. The maximum absolute atomic E-state index is 12.5. The standard InChI is InChI=1S/C22H17ClN2O3S/c1-14-21(22(27)24-13-17-5-3-4-6-19(17)23)29-20(25-14)12-9-16-7-10-18(11-8-16)28-15(2)26/h3-8,10-11H,13H2,1-2H3,(H,24,27). The van der Waals surface area contributed by atoms with Crippen LogP contribution in [0, 0.1) is 18.8 Å². The van der Waals surface area contributed by atoms with Crippen molar-refractivity contribution in [2.45, 2.75) is 20.4 Å². The van der Waals surface area contributed by atoms with Crippen molar-refractivity contribution in [2.24, 2.45) is 0 Å². The second-order valence-electron chi connectivity index (χ2n) is 6.08. The summed E-state index contributed by atoms with van der Waals surface area (Å²) in [5, 5.41) is 4.02. The molecule has 0 saturated heterocycles. The van der Waals surface area contributed by atoms with E-state index < -0.39 is 0 Å². The van der Waals surface area contributed by atoms with E-state index >= 15 is 0 Å². The number of hydrogen-bond acceptors (Lipinski definition) is 5. The Morgan fingerprint density at radius 2 is 1.86 bits per heavy atom. The molecule has 0 atom stereocenters. The lowest BCUT2D eigenvalue weighted by atomic mass is 10.2. The van der Waals surface area contributed by atoms with E-state index in [1.807, 2.05) is 18.2 Å². The summed E-state index contributed by atoms with van der Waals surface area (Å²) in [6, 6.07) is 14.2. The van der Waals surface area contributed by atoms with Crippen LogP contribution in [0.5, 0.6) is 5.75 Å². The first-order valence-corrected chi connectivity index (χ1v) is 9.91. The largest absolute Gasteiger partial charge is 0.427 e. The maximum Gasteiger partial charge on any atom is 0.308 e. The van der Waals surface area contributed by atoms with Gasteiger partial charge in [0.2, 0.25) is 0 Å². The third-order valence-corrected chi connectivity index (χ3v) is 5.27. The number of aryl methyl sites for hydroxylation is 1. The molecule has 1 amide bonds. The average molecular weight is 425 g/mol. The fourth-order valence-corrected chi connectivity index (χ4v) is 3.49. The van der Waals surface area contributed by atoms with Gasteiger partial charge < -0.3 is 10.1 Å². The van der Waals surface area contributed by atoms with Gasteiger partial charge in [-0.15, -0.1) is 11.3 Å². The van der Waals surface area contributed by atoms with Crippen molar-refractivity contribution in [2.75, 3.05) is 0 Å². The summed E-state index contributed by atoms with van der Waals surface area (Å²) in [6.07, 6.45) is 0. The zero-order valence-corrected chi connectivity index (χ0v) is 17.4. The Morgan fingerprint density at radius 1 is 1.14 bits per heavy atom. The molecule has 7 heteroatoms. The number of aromatic nitrogens is 1. The highest BCUT2D eigenvalue weighted by Crippen LogP contribution is 2.19. The highest BCUT2D eigenvalue weighted by atomic mass is 35.5. The summed E-state index contributed by atoms with van der Waals surface area (Å²) < 4.78 is 4.99. The van der Waals surface area contributed by atoms with E-state index in [4.69, 9.17) is 16.3 Å². The molecule has 1 N–H and O–H groups in total. The van der Waals surface area contributed by atoms with Gasteiger partial charge in [-0.2, -0.15) is 0 Å². The van der Waals surface area contributed by atoms with Gasteiger partial charge in [0.15, 0.2) is 5.01 Å². The molecule has 1 aromatic heterocycles. The highest BCUT2D eigenvalue weighted by molar-refractivity contribution is 7.14. The monoisotopic (exact) mass is 424 g/mol. The zero-order chi connectivity index (χ0) is 20.8. The van der Waals surface area contributed by atoms with Gasteiger partial charge in [0.1, 0.15) is 10.6 Å². The predicted molar refractivity (Wildman–Crippen MR) is 113 cm³/mol. The van der Waals surface area contributed by atoms with Crippen LogP contribution in [0.2, 0.25) is 5.02 Å². The topological polar surface area (TPSA) is 68.3 Å². The van der Waals surface area contributed by atoms with Crippen molar-refractivity contribution in [3.05, 3.63) is 80.3 Å². The molecule has 0 fully saturated rings. The van der Waals surface area contributed by atoms with Crippen molar-refractivity contribution < 1.29 is 14.3 Å². The lowest BCUT2D eigenvalue weighted by Gasteiger charge is -2.05. The van der Waals surface area contributed by atoms with Crippen LogP contribution in [0.3, 0.4) is 0 Å². The molecule has 0 aliphatic carbocycles. The van der Waals surface area contributed by atoms with Crippen LogP contribution in [-0.4, -0.2) is 16.9 Å². The molecule has 0 aliphatic rings. The van der Waals surface area contributed by atoms with Crippen LogP contribution >= 0.6 is 22.9 Å². The highest BCUT2D eigenvalue weighted by Gasteiger charge is 2.14. The number of carbonyl (C=O) groups is 2. The Balaban J connectivity index is 1.67.